The van der Waals surface area contributed by atoms with Crippen molar-refractivity contribution in [2.45, 2.75) is 25.7 Å². The maximum atomic E-state index is 2.36. The van der Waals surface area contributed by atoms with Crippen molar-refractivity contribution in [2.75, 3.05) is 0 Å². The zero-order chi connectivity index (χ0) is 16.5. The van der Waals surface area contributed by atoms with Gasteiger partial charge in [0, 0.05) is 0 Å². The Morgan fingerprint density at radius 2 is 0.833 bits per heavy atom. The van der Waals surface area contributed by atoms with E-state index < -0.39 is 0 Å². The monoisotopic (exact) mass is 310 g/mol. The fourth-order valence-electron chi connectivity index (χ4n) is 3.83. The van der Waals surface area contributed by atoms with Crippen LogP contribution in [0.25, 0.3) is 21.5 Å². The molecule has 0 saturated carbocycles. The van der Waals surface area contributed by atoms with E-state index in [9.17, 15) is 0 Å². The quantitative estimate of drug-likeness (QED) is 0.386. The third-order valence-corrected chi connectivity index (χ3v) is 5.38. The average Bonchev–Trinajstić information content (AvgIpc) is 2.66. The van der Waals surface area contributed by atoms with Gasteiger partial charge in [0.1, 0.15) is 0 Å². The first kappa shape index (κ1) is 15.0. The molecule has 118 valence electrons. The molecule has 0 N–H and O–H groups in total. The van der Waals surface area contributed by atoms with Crippen LogP contribution in [0.2, 0.25) is 0 Å². The summed E-state index contributed by atoms with van der Waals surface area (Å²) in [6, 6.07) is 30.8. The summed E-state index contributed by atoms with van der Waals surface area (Å²) in [5.41, 5.74) is 2.88. The fraction of sp³-hybridized carbons (Fsp3) is 0.167. The number of fused-ring (bicyclic) bond motifs is 2. The lowest BCUT2D eigenvalue weighted by Gasteiger charge is -2.24. The summed E-state index contributed by atoms with van der Waals surface area (Å²) in [7, 11) is 0. The molecule has 0 aliphatic carbocycles. The summed E-state index contributed by atoms with van der Waals surface area (Å²) in [6.45, 7) is 4.71. The first-order valence-electron chi connectivity index (χ1n) is 8.71. The van der Waals surface area contributed by atoms with Crippen molar-refractivity contribution in [3.63, 3.8) is 0 Å². The van der Waals surface area contributed by atoms with Crippen molar-refractivity contribution in [2.24, 2.45) is 0 Å². The molecule has 0 heteroatoms. The Labute approximate surface area is 143 Å². The second-order valence-electron chi connectivity index (χ2n) is 6.71. The van der Waals surface area contributed by atoms with Gasteiger partial charge in [-0.15, -0.1) is 0 Å². The molecule has 24 heavy (non-hydrogen) atoms. The van der Waals surface area contributed by atoms with Crippen molar-refractivity contribution in [1.82, 2.24) is 0 Å². The predicted molar refractivity (Wildman–Crippen MR) is 105 cm³/mol. The van der Waals surface area contributed by atoms with Gasteiger partial charge in [-0.25, -0.2) is 0 Å². The summed E-state index contributed by atoms with van der Waals surface area (Å²) in [5, 5.41) is 5.40. The lowest BCUT2D eigenvalue weighted by Crippen LogP contribution is -2.06. The minimum atomic E-state index is 0.460. The molecule has 0 heterocycles. The van der Waals surface area contributed by atoms with Crippen LogP contribution in [0.4, 0.5) is 0 Å². The minimum absolute atomic E-state index is 0.460. The summed E-state index contributed by atoms with van der Waals surface area (Å²) in [4.78, 5) is 0. The van der Waals surface area contributed by atoms with Crippen molar-refractivity contribution in [1.29, 1.82) is 0 Å². The molecule has 0 aliphatic rings. The van der Waals surface area contributed by atoms with E-state index in [1.807, 2.05) is 0 Å². The molecule has 0 aliphatic heterocycles. The third-order valence-electron chi connectivity index (χ3n) is 5.38. The molecule has 0 spiro atoms. The third kappa shape index (κ3) is 2.49. The van der Waals surface area contributed by atoms with Crippen molar-refractivity contribution in [3.05, 3.63) is 96.1 Å². The van der Waals surface area contributed by atoms with Crippen LogP contribution in [0, 0.1) is 0 Å². The topological polar surface area (TPSA) is 0 Å². The molecule has 0 amide bonds. The van der Waals surface area contributed by atoms with Crippen molar-refractivity contribution in [3.8, 4) is 0 Å². The number of benzene rings is 4. The highest BCUT2D eigenvalue weighted by Gasteiger charge is 2.19. The molecular formula is C24H22. The Morgan fingerprint density at radius 1 is 0.458 bits per heavy atom. The van der Waals surface area contributed by atoms with Crippen LogP contribution in [0.15, 0.2) is 84.9 Å². The molecule has 2 unspecified atom stereocenters. The van der Waals surface area contributed by atoms with Gasteiger partial charge in [0.15, 0.2) is 0 Å². The summed E-state index contributed by atoms with van der Waals surface area (Å²) < 4.78 is 0. The van der Waals surface area contributed by atoms with Gasteiger partial charge in [0.05, 0.1) is 0 Å². The van der Waals surface area contributed by atoms with Gasteiger partial charge in [-0.05, 0) is 44.5 Å². The molecule has 0 saturated heterocycles. The first-order valence-corrected chi connectivity index (χ1v) is 8.71. The van der Waals surface area contributed by atoms with Crippen LogP contribution < -0.4 is 0 Å². The Morgan fingerprint density at radius 3 is 1.29 bits per heavy atom. The SMILES string of the molecule is CC(c1cccc2ccccc12)C(C)c1cccc2ccccc12. The molecule has 0 radical (unpaired) electrons. The van der Waals surface area contributed by atoms with Gasteiger partial charge in [0.2, 0.25) is 0 Å². The van der Waals surface area contributed by atoms with E-state index in [2.05, 4.69) is 98.8 Å². The van der Waals surface area contributed by atoms with Crippen molar-refractivity contribution >= 4 is 21.5 Å². The molecule has 4 aromatic carbocycles. The van der Waals surface area contributed by atoms with Gasteiger partial charge in [-0.3, -0.25) is 0 Å². The fourth-order valence-corrected chi connectivity index (χ4v) is 3.83. The summed E-state index contributed by atoms with van der Waals surface area (Å²) in [5.74, 6) is 0.920. The van der Waals surface area contributed by atoms with Crippen LogP contribution >= 0.6 is 0 Å². The standard InChI is InChI=1S/C24H22/c1-17(21-15-7-11-19-9-3-5-13-23(19)21)18(2)22-16-8-12-20-10-4-6-14-24(20)22/h3-18H,1-2H3. The molecule has 2 atom stereocenters. The van der Waals surface area contributed by atoms with E-state index in [0.717, 1.165) is 0 Å². The van der Waals surface area contributed by atoms with E-state index in [4.69, 9.17) is 0 Å². The van der Waals surface area contributed by atoms with Crippen LogP contribution in [-0.4, -0.2) is 0 Å². The van der Waals surface area contributed by atoms with Gasteiger partial charge >= 0.3 is 0 Å². The predicted octanol–water partition coefficient (Wildman–Crippen LogP) is 6.90. The highest BCUT2D eigenvalue weighted by atomic mass is 14.2. The highest BCUT2D eigenvalue weighted by Crippen LogP contribution is 2.38. The zero-order valence-electron chi connectivity index (χ0n) is 14.2. The van der Waals surface area contributed by atoms with E-state index in [0.29, 0.717) is 11.8 Å². The lowest BCUT2D eigenvalue weighted by molar-refractivity contribution is 0.632. The Bertz CT molecular complexity index is 903. The molecule has 0 nitrogen and oxygen atoms in total. The maximum Gasteiger partial charge on any atom is -0.0118 e. The normalized spacial score (nSPS) is 13.9. The summed E-state index contributed by atoms with van der Waals surface area (Å²) >= 11 is 0. The number of rotatable bonds is 3. The van der Waals surface area contributed by atoms with Gasteiger partial charge in [-0.2, -0.15) is 0 Å². The van der Waals surface area contributed by atoms with E-state index in [1.165, 1.54) is 32.7 Å². The van der Waals surface area contributed by atoms with Gasteiger partial charge in [-0.1, -0.05) is 98.8 Å². The minimum Gasteiger partial charge on any atom is -0.0616 e. The first-order chi connectivity index (χ1) is 11.8. The van der Waals surface area contributed by atoms with E-state index in [1.54, 1.807) is 0 Å². The second kappa shape index (κ2) is 6.13. The van der Waals surface area contributed by atoms with Gasteiger partial charge < -0.3 is 0 Å². The zero-order valence-corrected chi connectivity index (χ0v) is 14.2. The number of hydrogen-bond acceptors (Lipinski definition) is 0. The molecular weight excluding hydrogens is 288 g/mol. The molecule has 0 aromatic heterocycles. The smallest absolute Gasteiger partial charge is 0.0118 e. The largest absolute Gasteiger partial charge is 0.0616 e. The Hall–Kier alpha value is -2.60. The molecule has 4 aromatic rings. The van der Waals surface area contributed by atoms with Gasteiger partial charge in [0.25, 0.3) is 0 Å². The highest BCUT2D eigenvalue weighted by molar-refractivity contribution is 5.88. The molecule has 4 rings (SSSR count). The van der Waals surface area contributed by atoms with Crippen LogP contribution in [-0.2, 0) is 0 Å². The Kier molecular flexibility index (Phi) is 3.82. The van der Waals surface area contributed by atoms with E-state index in [-0.39, 0.29) is 0 Å². The van der Waals surface area contributed by atoms with E-state index >= 15 is 0 Å². The number of hydrogen-bond donors (Lipinski definition) is 0. The Balaban J connectivity index is 1.82. The van der Waals surface area contributed by atoms with Crippen LogP contribution in [0.1, 0.15) is 36.8 Å². The van der Waals surface area contributed by atoms with Crippen LogP contribution in [0.5, 0.6) is 0 Å². The molecule has 0 bridgehead atoms. The van der Waals surface area contributed by atoms with Crippen molar-refractivity contribution < 1.29 is 0 Å². The maximum absolute atomic E-state index is 2.36. The summed E-state index contributed by atoms with van der Waals surface area (Å²) in [6.07, 6.45) is 0. The van der Waals surface area contributed by atoms with Crippen LogP contribution in [0.3, 0.4) is 0 Å². The second-order valence-corrected chi connectivity index (χ2v) is 6.71. The average molecular weight is 310 g/mol. The lowest BCUT2D eigenvalue weighted by atomic mass is 9.80. The molecule has 0 fully saturated rings.